The molecule has 5 nitrogen and oxygen atoms in total. The van der Waals surface area contributed by atoms with Crippen molar-refractivity contribution in [1.29, 1.82) is 0 Å². The first-order valence-electron chi connectivity index (χ1n) is 10.6. The third kappa shape index (κ3) is 5.62. The Morgan fingerprint density at radius 2 is 1.91 bits per heavy atom. The van der Waals surface area contributed by atoms with E-state index in [0.29, 0.717) is 23.2 Å². The van der Waals surface area contributed by atoms with Gasteiger partial charge in [-0.05, 0) is 54.7 Å². The first-order chi connectivity index (χ1) is 15.5. The quantitative estimate of drug-likeness (QED) is 0.466. The van der Waals surface area contributed by atoms with Crippen molar-refractivity contribution in [3.05, 3.63) is 83.5 Å². The second-order valence-electron chi connectivity index (χ2n) is 7.90. The zero-order chi connectivity index (χ0) is 22.5. The minimum atomic E-state index is -0.226. The van der Waals surface area contributed by atoms with Crippen LogP contribution in [-0.2, 0) is 9.59 Å². The molecule has 162 valence electrons. The Morgan fingerprint density at radius 1 is 1.12 bits per heavy atom. The van der Waals surface area contributed by atoms with Gasteiger partial charge in [-0.3, -0.25) is 14.6 Å². The minimum absolute atomic E-state index is 0.00826. The van der Waals surface area contributed by atoms with E-state index < -0.39 is 0 Å². The van der Waals surface area contributed by atoms with Gasteiger partial charge in [-0.1, -0.05) is 48.0 Å². The normalized spacial score (nSPS) is 13.2. The van der Waals surface area contributed by atoms with E-state index in [2.05, 4.69) is 10.3 Å². The number of benzene rings is 2. The molecule has 0 spiro atoms. The van der Waals surface area contributed by atoms with Gasteiger partial charge in [0.15, 0.2) is 0 Å². The standard InChI is InChI=1S/C26H24ClN3O2/c1-18(31)30(17-20-7-8-20)25-13-10-21(15-23(25)27)24-12-11-22(16-28-24)29-26(32)14-9-19-5-3-2-4-6-19/h2-6,9-16,20H,7-8,17H2,1H3,(H,29,32)/b14-9+. The summed E-state index contributed by atoms with van der Waals surface area (Å²) in [7, 11) is 0. The molecule has 3 aromatic rings. The van der Waals surface area contributed by atoms with Crippen LogP contribution in [-0.4, -0.2) is 23.3 Å². The van der Waals surface area contributed by atoms with Gasteiger partial charge in [0, 0.05) is 25.1 Å². The molecule has 1 aliphatic rings. The summed E-state index contributed by atoms with van der Waals surface area (Å²) in [6, 6.07) is 18.9. The average Bonchev–Trinajstić information content (AvgIpc) is 3.62. The van der Waals surface area contributed by atoms with E-state index in [1.165, 1.54) is 6.08 Å². The topological polar surface area (TPSA) is 62.3 Å². The molecule has 1 heterocycles. The van der Waals surface area contributed by atoms with Crippen LogP contribution >= 0.6 is 11.6 Å². The predicted molar refractivity (Wildman–Crippen MR) is 130 cm³/mol. The third-order valence-corrected chi connectivity index (χ3v) is 5.61. The number of halogens is 1. The van der Waals surface area contributed by atoms with Gasteiger partial charge in [0.05, 0.1) is 28.3 Å². The molecule has 1 fully saturated rings. The molecule has 0 radical (unpaired) electrons. The second kappa shape index (κ2) is 9.79. The van der Waals surface area contributed by atoms with Gasteiger partial charge < -0.3 is 10.2 Å². The Kier molecular flexibility index (Phi) is 6.66. The van der Waals surface area contributed by atoms with Gasteiger partial charge in [-0.25, -0.2) is 0 Å². The zero-order valence-corrected chi connectivity index (χ0v) is 18.5. The summed E-state index contributed by atoms with van der Waals surface area (Å²) < 4.78 is 0. The Bertz CT molecular complexity index is 1140. The van der Waals surface area contributed by atoms with E-state index in [0.717, 1.165) is 35.3 Å². The maximum Gasteiger partial charge on any atom is 0.248 e. The van der Waals surface area contributed by atoms with Crippen LogP contribution in [0.25, 0.3) is 17.3 Å². The fourth-order valence-electron chi connectivity index (χ4n) is 3.40. The van der Waals surface area contributed by atoms with Gasteiger partial charge in [-0.15, -0.1) is 0 Å². The van der Waals surface area contributed by atoms with Gasteiger partial charge >= 0.3 is 0 Å². The lowest BCUT2D eigenvalue weighted by atomic mass is 10.1. The molecule has 0 atom stereocenters. The van der Waals surface area contributed by atoms with E-state index in [4.69, 9.17) is 11.6 Å². The lowest BCUT2D eigenvalue weighted by molar-refractivity contribution is -0.116. The summed E-state index contributed by atoms with van der Waals surface area (Å²) in [4.78, 5) is 30.4. The van der Waals surface area contributed by atoms with Gasteiger partial charge in [0.2, 0.25) is 11.8 Å². The molecule has 0 bridgehead atoms. The molecular formula is C26H24ClN3O2. The van der Waals surface area contributed by atoms with E-state index in [-0.39, 0.29) is 11.8 Å². The van der Waals surface area contributed by atoms with Crippen molar-refractivity contribution in [3.8, 4) is 11.3 Å². The first kappa shape index (κ1) is 21.8. The molecule has 0 aliphatic heterocycles. The average molecular weight is 446 g/mol. The van der Waals surface area contributed by atoms with Crippen molar-refractivity contribution in [2.45, 2.75) is 19.8 Å². The molecule has 32 heavy (non-hydrogen) atoms. The SMILES string of the molecule is CC(=O)N(CC1CC1)c1ccc(-c2ccc(NC(=O)/C=C/c3ccccc3)cn2)cc1Cl. The fourth-order valence-corrected chi connectivity index (χ4v) is 3.68. The Balaban J connectivity index is 1.43. The lowest BCUT2D eigenvalue weighted by Crippen LogP contribution is -2.30. The Labute approximate surface area is 192 Å². The van der Waals surface area contributed by atoms with Crippen LogP contribution in [0.3, 0.4) is 0 Å². The second-order valence-corrected chi connectivity index (χ2v) is 8.31. The van der Waals surface area contributed by atoms with E-state index >= 15 is 0 Å². The number of hydrogen-bond acceptors (Lipinski definition) is 3. The van der Waals surface area contributed by atoms with Crippen LogP contribution in [0.1, 0.15) is 25.3 Å². The number of anilines is 2. The van der Waals surface area contributed by atoms with Crippen LogP contribution in [0, 0.1) is 5.92 Å². The molecule has 4 rings (SSSR count). The number of amides is 2. The highest BCUT2D eigenvalue weighted by atomic mass is 35.5. The minimum Gasteiger partial charge on any atom is -0.321 e. The summed E-state index contributed by atoms with van der Waals surface area (Å²) in [6.45, 7) is 2.27. The summed E-state index contributed by atoms with van der Waals surface area (Å²) in [5.74, 6) is 0.337. The van der Waals surface area contributed by atoms with Crippen LogP contribution in [0.4, 0.5) is 11.4 Å². The van der Waals surface area contributed by atoms with Crippen LogP contribution in [0.5, 0.6) is 0 Å². The smallest absolute Gasteiger partial charge is 0.248 e. The van der Waals surface area contributed by atoms with Crippen molar-refractivity contribution in [2.75, 3.05) is 16.8 Å². The molecule has 2 aromatic carbocycles. The summed E-state index contributed by atoms with van der Waals surface area (Å²) in [6.07, 6.45) is 7.18. The maximum absolute atomic E-state index is 12.1. The summed E-state index contributed by atoms with van der Waals surface area (Å²) >= 11 is 6.52. The van der Waals surface area contributed by atoms with Crippen LogP contribution < -0.4 is 10.2 Å². The Hall–Kier alpha value is -3.44. The summed E-state index contributed by atoms with van der Waals surface area (Å²) in [5.41, 5.74) is 3.86. The van der Waals surface area contributed by atoms with Crippen molar-refractivity contribution in [3.63, 3.8) is 0 Å². The Morgan fingerprint density at radius 3 is 2.53 bits per heavy atom. The van der Waals surface area contributed by atoms with Gasteiger partial charge in [-0.2, -0.15) is 0 Å². The molecule has 0 saturated heterocycles. The number of carbonyl (C=O) groups excluding carboxylic acids is 2. The maximum atomic E-state index is 12.1. The zero-order valence-electron chi connectivity index (χ0n) is 17.8. The van der Waals surface area contributed by atoms with Crippen molar-refractivity contribution < 1.29 is 9.59 Å². The first-order valence-corrected chi connectivity index (χ1v) is 11.0. The molecule has 6 heteroatoms. The molecule has 1 saturated carbocycles. The number of rotatable bonds is 7. The highest BCUT2D eigenvalue weighted by molar-refractivity contribution is 6.34. The molecular weight excluding hydrogens is 422 g/mol. The monoisotopic (exact) mass is 445 g/mol. The molecule has 0 unspecified atom stereocenters. The number of nitrogens with one attached hydrogen (secondary N) is 1. The van der Waals surface area contributed by atoms with Crippen molar-refractivity contribution >= 4 is 40.9 Å². The number of hydrogen-bond donors (Lipinski definition) is 1. The largest absolute Gasteiger partial charge is 0.321 e. The van der Waals surface area contributed by atoms with E-state index in [1.807, 2.05) is 54.6 Å². The van der Waals surface area contributed by atoms with Gasteiger partial charge in [0.1, 0.15) is 0 Å². The number of carbonyl (C=O) groups is 2. The number of nitrogens with zero attached hydrogens (tertiary/aromatic N) is 2. The lowest BCUT2D eigenvalue weighted by Gasteiger charge is -2.22. The predicted octanol–water partition coefficient (Wildman–Crippen LogP) is 5.82. The van der Waals surface area contributed by atoms with Crippen molar-refractivity contribution in [1.82, 2.24) is 4.98 Å². The van der Waals surface area contributed by atoms with E-state index in [9.17, 15) is 9.59 Å². The summed E-state index contributed by atoms with van der Waals surface area (Å²) in [5, 5.41) is 3.32. The third-order valence-electron chi connectivity index (χ3n) is 5.31. The van der Waals surface area contributed by atoms with E-state index in [1.54, 1.807) is 30.2 Å². The molecule has 1 N–H and O–H groups in total. The van der Waals surface area contributed by atoms with Crippen molar-refractivity contribution in [2.24, 2.45) is 5.92 Å². The number of aromatic nitrogens is 1. The fraction of sp³-hybridized carbons (Fsp3) is 0.192. The van der Waals surface area contributed by atoms with Crippen LogP contribution in [0.15, 0.2) is 72.9 Å². The van der Waals surface area contributed by atoms with Gasteiger partial charge in [0.25, 0.3) is 0 Å². The molecule has 1 aromatic heterocycles. The highest BCUT2D eigenvalue weighted by Crippen LogP contribution is 2.35. The molecule has 1 aliphatic carbocycles. The highest BCUT2D eigenvalue weighted by Gasteiger charge is 2.27. The molecule has 2 amide bonds. The van der Waals surface area contributed by atoms with Crippen LogP contribution in [0.2, 0.25) is 5.02 Å². The number of pyridine rings is 1.